The van der Waals surface area contributed by atoms with Gasteiger partial charge in [-0.15, -0.1) is 0 Å². The van der Waals surface area contributed by atoms with Crippen molar-refractivity contribution in [2.75, 3.05) is 26.5 Å². The number of halogens is 1. The fraction of sp³-hybridized carbons (Fsp3) is 0.400. The summed E-state index contributed by atoms with van der Waals surface area (Å²) < 4.78 is 21.8. The van der Waals surface area contributed by atoms with Crippen molar-refractivity contribution in [2.45, 2.75) is 0 Å². The molecule has 2 nitrogen and oxygen atoms in total. The standard InChI is InChI=1S/C10H13FO2/c11-6-7-12-8-9-13-10-4-2-1-3-5-10/h1-5H,6-9H2. The van der Waals surface area contributed by atoms with Crippen molar-refractivity contribution in [1.82, 2.24) is 0 Å². The van der Waals surface area contributed by atoms with E-state index >= 15 is 0 Å². The van der Waals surface area contributed by atoms with Crippen LogP contribution in [0.1, 0.15) is 0 Å². The number of para-hydroxylation sites is 1. The van der Waals surface area contributed by atoms with Gasteiger partial charge in [0.15, 0.2) is 0 Å². The summed E-state index contributed by atoms with van der Waals surface area (Å²) >= 11 is 0. The van der Waals surface area contributed by atoms with E-state index < -0.39 is 6.67 Å². The average molecular weight is 184 g/mol. The third-order valence-corrected chi connectivity index (χ3v) is 1.46. The molecule has 0 unspecified atom stereocenters. The summed E-state index contributed by atoms with van der Waals surface area (Å²) in [5.41, 5.74) is 0. The van der Waals surface area contributed by atoms with Gasteiger partial charge in [0.25, 0.3) is 0 Å². The van der Waals surface area contributed by atoms with Gasteiger partial charge in [0.1, 0.15) is 19.0 Å². The molecule has 0 amide bonds. The smallest absolute Gasteiger partial charge is 0.119 e. The van der Waals surface area contributed by atoms with Gasteiger partial charge in [0.2, 0.25) is 0 Å². The Hall–Kier alpha value is -1.09. The first-order valence-electron chi connectivity index (χ1n) is 4.25. The topological polar surface area (TPSA) is 18.5 Å². The fourth-order valence-electron chi connectivity index (χ4n) is 0.892. The molecule has 0 heterocycles. The lowest BCUT2D eigenvalue weighted by molar-refractivity contribution is 0.0897. The Morgan fingerprint density at radius 2 is 1.77 bits per heavy atom. The van der Waals surface area contributed by atoms with Gasteiger partial charge in [-0.2, -0.15) is 0 Å². The third kappa shape index (κ3) is 4.48. The van der Waals surface area contributed by atoms with Gasteiger partial charge in [-0.25, -0.2) is 4.39 Å². The lowest BCUT2D eigenvalue weighted by Gasteiger charge is -2.05. The molecule has 0 radical (unpaired) electrons. The zero-order valence-electron chi connectivity index (χ0n) is 7.41. The van der Waals surface area contributed by atoms with Crippen LogP contribution in [0, 0.1) is 0 Å². The summed E-state index contributed by atoms with van der Waals surface area (Å²) in [6.45, 7) is 0.603. The van der Waals surface area contributed by atoms with Crippen molar-refractivity contribution in [3.63, 3.8) is 0 Å². The number of ether oxygens (including phenoxy) is 2. The van der Waals surface area contributed by atoms with E-state index in [1.807, 2.05) is 30.3 Å². The maximum Gasteiger partial charge on any atom is 0.119 e. The van der Waals surface area contributed by atoms with Gasteiger partial charge in [-0.05, 0) is 12.1 Å². The summed E-state index contributed by atoms with van der Waals surface area (Å²) in [7, 11) is 0. The molecule has 1 rings (SSSR count). The predicted octanol–water partition coefficient (Wildman–Crippen LogP) is 2.05. The van der Waals surface area contributed by atoms with Crippen LogP contribution < -0.4 is 4.74 Å². The van der Waals surface area contributed by atoms with Crippen molar-refractivity contribution >= 4 is 0 Å². The molecule has 0 aliphatic heterocycles. The van der Waals surface area contributed by atoms with E-state index in [0.717, 1.165) is 5.75 Å². The van der Waals surface area contributed by atoms with Gasteiger partial charge in [0.05, 0.1) is 13.2 Å². The Bertz CT molecular complexity index is 213. The normalized spacial score (nSPS) is 9.92. The minimum absolute atomic E-state index is 0.151. The lowest BCUT2D eigenvalue weighted by atomic mass is 10.3. The van der Waals surface area contributed by atoms with Crippen molar-refractivity contribution in [3.8, 4) is 5.75 Å². The van der Waals surface area contributed by atoms with Crippen LogP contribution in [0.3, 0.4) is 0 Å². The van der Waals surface area contributed by atoms with Gasteiger partial charge in [-0.1, -0.05) is 18.2 Å². The van der Waals surface area contributed by atoms with E-state index in [1.165, 1.54) is 0 Å². The van der Waals surface area contributed by atoms with Crippen molar-refractivity contribution in [3.05, 3.63) is 30.3 Å². The van der Waals surface area contributed by atoms with Crippen LogP contribution in [0.2, 0.25) is 0 Å². The van der Waals surface area contributed by atoms with Crippen LogP contribution >= 0.6 is 0 Å². The minimum Gasteiger partial charge on any atom is -0.491 e. The Morgan fingerprint density at radius 1 is 1.00 bits per heavy atom. The Balaban J connectivity index is 2.07. The second kappa shape index (κ2) is 6.43. The number of benzene rings is 1. The molecule has 0 N–H and O–H groups in total. The second-order valence-electron chi connectivity index (χ2n) is 2.46. The van der Waals surface area contributed by atoms with E-state index in [-0.39, 0.29) is 6.61 Å². The van der Waals surface area contributed by atoms with Crippen LogP contribution in [0.15, 0.2) is 30.3 Å². The molecular formula is C10H13FO2. The Kier molecular flexibility index (Phi) is 4.94. The van der Waals surface area contributed by atoms with Crippen LogP contribution in [0.25, 0.3) is 0 Å². The summed E-state index contributed by atoms with van der Waals surface area (Å²) in [4.78, 5) is 0. The summed E-state index contributed by atoms with van der Waals surface area (Å²) in [6.07, 6.45) is 0. The SMILES string of the molecule is FCCOCCOc1ccccc1. The number of hydrogen-bond acceptors (Lipinski definition) is 2. The highest BCUT2D eigenvalue weighted by Gasteiger charge is 1.91. The molecule has 0 spiro atoms. The van der Waals surface area contributed by atoms with E-state index in [2.05, 4.69) is 0 Å². The molecule has 13 heavy (non-hydrogen) atoms. The molecule has 1 aromatic rings. The first-order chi connectivity index (χ1) is 6.43. The zero-order chi connectivity index (χ0) is 9.36. The largest absolute Gasteiger partial charge is 0.491 e. The van der Waals surface area contributed by atoms with Crippen LogP contribution in [0.5, 0.6) is 5.75 Å². The van der Waals surface area contributed by atoms with Gasteiger partial charge in [0, 0.05) is 0 Å². The molecule has 0 fully saturated rings. The number of hydrogen-bond donors (Lipinski definition) is 0. The molecule has 72 valence electrons. The van der Waals surface area contributed by atoms with Crippen LogP contribution in [-0.4, -0.2) is 26.5 Å². The van der Waals surface area contributed by atoms with Crippen molar-refractivity contribution in [2.24, 2.45) is 0 Å². The highest BCUT2D eigenvalue weighted by atomic mass is 19.1. The van der Waals surface area contributed by atoms with E-state index in [4.69, 9.17) is 9.47 Å². The van der Waals surface area contributed by atoms with Crippen molar-refractivity contribution in [1.29, 1.82) is 0 Å². The molecule has 0 saturated heterocycles. The first-order valence-corrected chi connectivity index (χ1v) is 4.25. The molecule has 0 aliphatic carbocycles. The Morgan fingerprint density at radius 3 is 2.46 bits per heavy atom. The Labute approximate surface area is 77.3 Å². The third-order valence-electron chi connectivity index (χ3n) is 1.46. The molecule has 0 saturated carbocycles. The summed E-state index contributed by atoms with van der Waals surface area (Å²) in [6, 6.07) is 9.46. The quantitative estimate of drug-likeness (QED) is 0.630. The van der Waals surface area contributed by atoms with E-state index in [0.29, 0.717) is 13.2 Å². The summed E-state index contributed by atoms with van der Waals surface area (Å²) in [5.74, 6) is 0.811. The van der Waals surface area contributed by atoms with Gasteiger partial charge >= 0.3 is 0 Å². The molecule has 0 atom stereocenters. The number of rotatable bonds is 6. The molecule has 0 bridgehead atoms. The highest BCUT2D eigenvalue weighted by molar-refractivity contribution is 5.20. The molecule has 3 heteroatoms. The maximum absolute atomic E-state index is 11.6. The van der Waals surface area contributed by atoms with E-state index in [1.54, 1.807) is 0 Å². The zero-order valence-corrected chi connectivity index (χ0v) is 7.41. The first kappa shape index (κ1) is 9.99. The molecular weight excluding hydrogens is 171 g/mol. The van der Waals surface area contributed by atoms with E-state index in [9.17, 15) is 4.39 Å². The number of alkyl halides is 1. The fourth-order valence-corrected chi connectivity index (χ4v) is 0.892. The molecule has 0 aliphatic rings. The maximum atomic E-state index is 11.6. The lowest BCUT2D eigenvalue weighted by Crippen LogP contribution is -2.07. The van der Waals surface area contributed by atoms with Gasteiger partial charge < -0.3 is 9.47 Å². The predicted molar refractivity (Wildman–Crippen MR) is 48.7 cm³/mol. The second-order valence-corrected chi connectivity index (χ2v) is 2.46. The highest BCUT2D eigenvalue weighted by Crippen LogP contribution is 2.07. The van der Waals surface area contributed by atoms with Crippen LogP contribution in [-0.2, 0) is 4.74 Å². The molecule has 1 aromatic carbocycles. The van der Waals surface area contributed by atoms with Crippen molar-refractivity contribution < 1.29 is 13.9 Å². The average Bonchev–Trinajstić information content (AvgIpc) is 2.19. The van der Waals surface area contributed by atoms with Gasteiger partial charge in [-0.3, -0.25) is 0 Å². The summed E-state index contributed by atoms with van der Waals surface area (Å²) in [5, 5.41) is 0. The minimum atomic E-state index is -0.439. The molecule has 0 aromatic heterocycles. The monoisotopic (exact) mass is 184 g/mol. The van der Waals surface area contributed by atoms with Crippen LogP contribution in [0.4, 0.5) is 4.39 Å².